The number of piperidine rings is 1. The topological polar surface area (TPSA) is 34.6 Å². The van der Waals surface area contributed by atoms with Crippen LogP contribution < -0.4 is 9.47 Å². The molecular formula is C13H18F2N2O2. The van der Waals surface area contributed by atoms with Crippen LogP contribution in [-0.4, -0.2) is 42.2 Å². The summed E-state index contributed by atoms with van der Waals surface area (Å²) in [5.74, 6) is 0.500. The Labute approximate surface area is 111 Å². The van der Waals surface area contributed by atoms with Gasteiger partial charge in [0.15, 0.2) is 0 Å². The lowest BCUT2D eigenvalue weighted by atomic mass is 10.1. The van der Waals surface area contributed by atoms with Gasteiger partial charge in [-0.05, 0) is 25.5 Å². The molecule has 4 nitrogen and oxygen atoms in total. The zero-order valence-corrected chi connectivity index (χ0v) is 10.9. The van der Waals surface area contributed by atoms with Crippen molar-refractivity contribution < 1.29 is 18.3 Å². The summed E-state index contributed by atoms with van der Waals surface area (Å²) < 4.78 is 33.9. The van der Waals surface area contributed by atoms with Gasteiger partial charge in [0.05, 0.1) is 6.20 Å². The second kappa shape index (κ2) is 6.65. The Morgan fingerprint density at radius 2 is 2.11 bits per heavy atom. The minimum atomic E-state index is -2.85. The van der Waals surface area contributed by atoms with E-state index in [4.69, 9.17) is 4.74 Å². The van der Waals surface area contributed by atoms with Crippen LogP contribution in [0, 0.1) is 0 Å². The fraction of sp³-hybridized carbons (Fsp3) is 0.615. The fourth-order valence-electron chi connectivity index (χ4n) is 2.13. The average Bonchev–Trinajstić information content (AvgIpc) is 2.41. The molecule has 2 rings (SSSR count). The molecule has 1 aliphatic heterocycles. The van der Waals surface area contributed by atoms with E-state index < -0.39 is 6.61 Å². The molecule has 1 aromatic rings. The molecule has 0 spiro atoms. The van der Waals surface area contributed by atoms with Crippen LogP contribution >= 0.6 is 0 Å². The average molecular weight is 272 g/mol. The van der Waals surface area contributed by atoms with Crippen LogP contribution in [0.2, 0.25) is 0 Å². The molecule has 0 atom stereocenters. The first-order valence-corrected chi connectivity index (χ1v) is 6.47. The van der Waals surface area contributed by atoms with Gasteiger partial charge in [0.2, 0.25) is 5.88 Å². The number of halogens is 2. The molecular weight excluding hydrogens is 254 g/mol. The summed E-state index contributed by atoms with van der Waals surface area (Å²) in [6.07, 6.45) is 3.54. The summed E-state index contributed by atoms with van der Waals surface area (Å²) in [6, 6.07) is 3.00. The van der Waals surface area contributed by atoms with Crippen LogP contribution in [0.4, 0.5) is 8.78 Å². The van der Waals surface area contributed by atoms with Crippen molar-refractivity contribution in [3.8, 4) is 11.6 Å². The molecule has 0 N–H and O–H groups in total. The van der Waals surface area contributed by atoms with Gasteiger partial charge < -0.3 is 14.4 Å². The first-order valence-electron chi connectivity index (χ1n) is 6.47. The van der Waals surface area contributed by atoms with E-state index >= 15 is 0 Å². The first kappa shape index (κ1) is 14.0. The number of pyridine rings is 1. The highest BCUT2D eigenvalue weighted by Crippen LogP contribution is 2.20. The number of hydrogen-bond acceptors (Lipinski definition) is 4. The molecule has 1 saturated heterocycles. The zero-order chi connectivity index (χ0) is 13.7. The summed E-state index contributed by atoms with van der Waals surface area (Å²) in [6.45, 7) is 2.42. The van der Waals surface area contributed by atoms with Gasteiger partial charge in [0, 0.05) is 19.2 Å². The normalized spacial score (nSPS) is 17.7. The zero-order valence-electron chi connectivity index (χ0n) is 10.9. The van der Waals surface area contributed by atoms with Gasteiger partial charge in [-0.25, -0.2) is 4.98 Å². The predicted molar refractivity (Wildman–Crippen MR) is 66.6 cm³/mol. The number of rotatable bonds is 5. The van der Waals surface area contributed by atoms with Crippen molar-refractivity contribution in [2.24, 2.45) is 0 Å². The van der Waals surface area contributed by atoms with E-state index in [-0.39, 0.29) is 12.0 Å². The lowest BCUT2D eigenvalue weighted by Gasteiger charge is -2.31. The summed E-state index contributed by atoms with van der Waals surface area (Å²) in [5, 5.41) is 0. The second-order valence-corrected chi connectivity index (χ2v) is 4.46. The molecule has 0 aromatic carbocycles. The van der Waals surface area contributed by atoms with E-state index in [1.54, 1.807) is 6.07 Å². The SMILES string of the molecule is CCN1CCC(Oc2ccc(OC(F)F)nc2)CC1. The van der Waals surface area contributed by atoms with E-state index in [9.17, 15) is 8.78 Å². The van der Waals surface area contributed by atoms with Crippen LogP contribution in [0.25, 0.3) is 0 Å². The van der Waals surface area contributed by atoms with Crippen molar-refractivity contribution in [2.45, 2.75) is 32.5 Å². The van der Waals surface area contributed by atoms with E-state index in [2.05, 4.69) is 21.5 Å². The molecule has 19 heavy (non-hydrogen) atoms. The number of aromatic nitrogens is 1. The number of likely N-dealkylation sites (tertiary alicyclic amines) is 1. The standard InChI is InChI=1S/C13H18F2N2O2/c1-2-17-7-5-10(6-8-17)18-11-3-4-12(16-9-11)19-13(14)15/h3-4,9-10,13H,2,5-8H2,1H3. The van der Waals surface area contributed by atoms with Crippen LogP contribution in [0.5, 0.6) is 11.6 Å². The third-order valence-corrected chi connectivity index (χ3v) is 3.20. The van der Waals surface area contributed by atoms with Crippen LogP contribution in [0.3, 0.4) is 0 Å². The van der Waals surface area contributed by atoms with Gasteiger partial charge in [-0.1, -0.05) is 6.92 Å². The van der Waals surface area contributed by atoms with Crippen molar-refractivity contribution in [1.29, 1.82) is 0 Å². The number of nitrogens with zero attached hydrogens (tertiary/aromatic N) is 2. The summed E-state index contributed by atoms with van der Waals surface area (Å²) in [7, 11) is 0. The molecule has 0 unspecified atom stereocenters. The quantitative estimate of drug-likeness (QED) is 0.825. The molecule has 1 aromatic heterocycles. The Bertz CT molecular complexity index is 379. The molecule has 6 heteroatoms. The summed E-state index contributed by atoms with van der Waals surface area (Å²) in [5.41, 5.74) is 0. The summed E-state index contributed by atoms with van der Waals surface area (Å²) in [4.78, 5) is 6.15. The lowest BCUT2D eigenvalue weighted by molar-refractivity contribution is -0.0529. The Kier molecular flexibility index (Phi) is 4.90. The Morgan fingerprint density at radius 3 is 2.63 bits per heavy atom. The van der Waals surface area contributed by atoms with Gasteiger partial charge >= 0.3 is 6.61 Å². The lowest BCUT2D eigenvalue weighted by Crippen LogP contribution is -2.37. The maximum atomic E-state index is 12.0. The Hall–Kier alpha value is -1.43. The number of alkyl halides is 2. The third kappa shape index (κ3) is 4.31. The van der Waals surface area contributed by atoms with Crippen molar-refractivity contribution in [1.82, 2.24) is 9.88 Å². The van der Waals surface area contributed by atoms with Gasteiger partial charge in [0.1, 0.15) is 11.9 Å². The smallest absolute Gasteiger partial charge is 0.388 e. The minimum Gasteiger partial charge on any atom is -0.489 e. The van der Waals surface area contributed by atoms with Crippen molar-refractivity contribution >= 4 is 0 Å². The molecule has 0 bridgehead atoms. The van der Waals surface area contributed by atoms with E-state index in [1.165, 1.54) is 12.3 Å². The predicted octanol–water partition coefficient (Wildman–Crippen LogP) is 2.55. The molecule has 1 aliphatic rings. The van der Waals surface area contributed by atoms with E-state index in [0.717, 1.165) is 32.5 Å². The minimum absolute atomic E-state index is 0.0943. The number of ether oxygens (including phenoxy) is 2. The third-order valence-electron chi connectivity index (χ3n) is 3.20. The van der Waals surface area contributed by atoms with E-state index in [1.807, 2.05) is 0 Å². The van der Waals surface area contributed by atoms with Gasteiger partial charge in [-0.3, -0.25) is 0 Å². The highest BCUT2D eigenvalue weighted by molar-refractivity contribution is 5.23. The largest absolute Gasteiger partial charge is 0.489 e. The first-order chi connectivity index (χ1) is 9.17. The fourth-order valence-corrected chi connectivity index (χ4v) is 2.13. The molecule has 0 aliphatic carbocycles. The molecule has 1 fully saturated rings. The molecule has 2 heterocycles. The van der Waals surface area contributed by atoms with Crippen LogP contribution in [-0.2, 0) is 0 Å². The molecule has 0 radical (unpaired) electrons. The number of hydrogen-bond donors (Lipinski definition) is 0. The molecule has 0 amide bonds. The Balaban J connectivity index is 1.83. The highest BCUT2D eigenvalue weighted by Gasteiger charge is 2.19. The van der Waals surface area contributed by atoms with Crippen LogP contribution in [0.15, 0.2) is 18.3 Å². The molecule has 106 valence electrons. The van der Waals surface area contributed by atoms with E-state index in [0.29, 0.717) is 5.75 Å². The van der Waals surface area contributed by atoms with Gasteiger partial charge in [-0.15, -0.1) is 0 Å². The van der Waals surface area contributed by atoms with Gasteiger partial charge in [-0.2, -0.15) is 8.78 Å². The van der Waals surface area contributed by atoms with Crippen molar-refractivity contribution in [2.75, 3.05) is 19.6 Å². The maximum Gasteiger partial charge on any atom is 0.388 e. The van der Waals surface area contributed by atoms with Crippen molar-refractivity contribution in [3.05, 3.63) is 18.3 Å². The monoisotopic (exact) mass is 272 g/mol. The summed E-state index contributed by atoms with van der Waals surface area (Å²) >= 11 is 0. The Morgan fingerprint density at radius 1 is 1.37 bits per heavy atom. The van der Waals surface area contributed by atoms with Crippen LogP contribution in [0.1, 0.15) is 19.8 Å². The highest BCUT2D eigenvalue weighted by atomic mass is 19.3. The second-order valence-electron chi connectivity index (χ2n) is 4.46. The maximum absolute atomic E-state index is 12.0. The van der Waals surface area contributed by atoms with Crippen molar-refractivity contribution in [3.63, 3.8) is 0 Å². The molecule has 0 saturated carbocycles. The van der Waals surface area contributed by atoms with Gasteiger partial charge in [0.25, 0.3) is 0 Å².